The van der Waals surface area contributed by atoms with E-state index in [0.717, 1.165) is 35.7 Å². The molecule has 3 nitrogen and oxygen atoms in total. The summed E-state index contributed by atoms with van der Waals surface area (Å²) in [6.45, 7) is 1.50. The van der Waals surface area contributed by atoms with Crippen LogP contribution in [0.2, 0.25) is 0 Å². The van der Waals surface area contributed by atoms with Gasteiger partial charge in [-0.1, -0.05) is 48.5 Å². The van der Waals surface area contributed by atoms with E-state index < -0.39 is 0 Å². The van der Waals surface area contributed by atoms with E-state index in [2.05, 4.69) is 12.1 Å². The standard InChI is InChI=1S/C19H24N2OS/c22-18(12-17-11-15-6-7-16(17)10-15)21-8-9-23-19(21)20-13-14-4-2-1-3-5-14/h1-5,15-17H,6-13H2/t15-,16-,17-/m1/s1. The van der Waals surface area contributed by atoms with E-state index in [9.17, 15) is 4.79 Å². The molecule has 2 bridgehead atoms. The maximum Gasteiger partial charge on any atom is 0.228 e. The average molecular weight is 328 g/mol. The Kier molecular flexibility index (Phi) is 4.43. The fraction of sp³-hybridized carbons (Fsp3) is 0.579. The molecule has 1 aromatic carbocycles. The maximum absolute atomic E-state index is 12.7. The van der Waals surface area contributed by atoms with E-state index in [1.165, 1.54) is 31.2 Å². The first-order valence-electron chi connectivity index (χ1n) is 8.81. The number of hydrogen-bond acceptors (Lipinski definition) is 3. The van der Waals surface area contributed by atoms with Gasteiger partial charge in [0.25, 0.3) is 0 Å². The van der Waals surface area contributed by atoms with Gasteiger partial charge in [-0.2, -0.15) is 0 Å². The second-order valence-corrected chi connectivity index (χ2v) is 8.18. The first kappa shape index (κ1) is 15.3. The van der Waals surface area contributed by atoms with Crippen molar-refractivity contribution < 1.29 is 4.79 Å². The van der Waals surface area contributed by atoms with Crippen LogP contribution >= 0.6 is 11.8 Å². The molecule has 3 aliphatic rings. The highest BCUT2D eigenvalue weighted by Gasteiger charge is 2.41. The molecule has 3 atom stereocenters. The second-order valence-electron chi connectivity index (χ2n) is 7.12. The predicted octanol–water partition coefficient (Wildman–Crippen LogP) is 3.94. The van der Waals surface area contributed by atoms with Gasteiger partial charge in [0.15, 0.2) is 5.17 Å². The van der Waals surface area contributed by atoms with E-state index in [1.807, 2.05) is 23.1 Å². The Hall–Kier alpha value is -1.29. The molecule has 122 valence electrons. The summed E-state index contributed by atoms with van der Waals surface area (Å²) in [6.07, 6.45) is 6.16. The lowest BCUT2D eigenvalue weighted by atomic mass is 9.86. The Morgan fingerprint density at radius 3 is 2.83 bits per heavy atom. The normalized spacial score (nSPS) is 31.2. The van der Waals surface area contributed by atoms with Crippen LogP contribution in [0.1, 0.15) is 37.7 Å². The van der Waals surface area contributed by atoms with Gasteiger partial charge in [0.1, 0.15) is 0 Å². The zero-order chi connectivity index (χ0) is 15.6. The maximum atomic E-state index is 12.7. The molecular formula is C19H24N2OS. The van der Waals surface area contributed by atoms with Crippen LogP contribution in [0, 0.1) is 17.8 Å². The Morgan fingerprint density at radius 2 is 2.09 bits per heavy atom. The molecule has 1 aliphatic heterocycles. The van der Waals surface area contributed by atoms with Crippen LogP contribution in [-0.4, -0.2) is 28.3 Å². The quantitative estimate of drug-likeness (QED) is 0.838. The minimum absolute atomic E-state index is 0.305. The Bertz CT molecular complexity index is 601. The number of hydrogen-bond donors (Lipinski definition) is 0. The minimum atomic E-state index is 0.305. The molecule has 2 saturated carbocycles. The molecule has 0 spiro atoms. The number of thioether (sulfide) groups is 1. The van der Waals surface area contributed by atoms with Crippen LogP contribution in [0.3, 0.4) is 0 Å². The predicted molar refractivity (Wildman–Crippen MR) is 95.3 cm³/mol. The summed E-state index contributed by atoms with van der Waals surface area (Å²) >= 11 is 1.73. The Balaban J connectivity index is 1.38. The number of amidine groups is 1. The molecular weight excluding hydrogens is 304 g/mol. The van der Waals surface area contributed by atoms with Crippen LogP contribution < -0.4 is 0 Å². The van der Waals surface area contributed by atoms with Crippen LogP contribution in [0.4, 0.5) is 0 Å². The number of carbonyl (C=O) groups is 1. The van der Waals surface area contributed by atoms with E-state index in [4.69, 9.17) is 4.99 Å². The summed E-state index contributed by atoms with van der Waals surface area (Å²) < 4.78 is 0. The monoisotopic (exact) mass is 328 g/mol. The van der Waals surface area contributed by atoms with Crippen LogP contribution in [0.5, 0.6) is 0 Å². The van der Waals surface area contributed by atoms with Crippen molar-refractivity contribution in [2.45, 2.75) is 38.6 Å². The number of aliphatic imine (C=N–C) groups is 1. The summed E-state index contributed by atoms with van der Waals surface area (Å²) in [5, 5.41) is 0.932. The van der Waals surface area contributed by atoms with Crippen molar-refractivity contribution in [1.82, 2.24) is 4.90 Å². The van der Waals surface area contributed by atoms with Crippen LogP contribution in [-0.2, 0) is 11.3 Å². The fourth-order valence-electron chi connectivity index (χ4n) is 4.47. The van der Waals surface area contributed by atoms with Gasteiger partial charge in [0.05, 0.1) is 6.54 Å². The third-order valence-electron chi connectivity index (χ3n) is 5.64. The number of rotatable bonds is 4. The molecule has 4 rings (SSSR count). The van der Waals surface area contributed by atoms with Crippen molar-refractivity contribution in [3.05, 3.63) is 35.9 Å². The lowest BCUT2D eigenvalue weighted by Crippen LogP contribution is -2.34. The number of benzene rings is 1. The molecule has 0 N–H and O–H groups in total. The molecule has 0 radical (unpaired) electrons. The first-order valence-corrected chi connectivity index (χ1v) is 9.79. The highest BCUT2D eigenvalue weighted by Crippen LogP contribution is 2.49. The zero-order valence-corrected chi connectivity index (χ0v) is 14.3. The molecule has 1 aromatic rings. The molecule has 0 unspecified atom stereocenters. The summed E-state index contributed by atoms with van der Waals surface area (Å²) in [4.78, 5) is 19.4. The number of carbonyl (C=O) groups excluding carboxylic acids is 1. The van der Waals surface area contributed by atoms with Crippen molar-refractivity contribution in [2.24, 2.45) is 22.7 Å². The topological polar surface area (TPSA) is 32.7 Å². The Labute approximate surface area is 142 Å². The van der Waals surface area contributed by atoms with Gasteiger partial charge in [-0.15, -0.1) is 0 Å². The van der Waals surface area contributed by atoms with Crippen molar-refractivity contribution >= 4 is 22.8 Å². The summed E-state index contributed by atoms with van der Waals surface area (Å²) in [7, 11) is 0. The third kappa shape index (κ3) is 3.32. The molecule has 3 fully saturated rings. The second kappa shape index (κ2) is 6.68. The highest BCUT2D eigenvalue weighted by atomic mass is 32.2. The summed E-state index contributed by atoms with van der Waals surface area (Å²) in [5.41, 5.74) is 1.20. The molecule has 4 heteroatoms. The largest absolute Gasteiger partial charge is 0.291 e. The smallest absolute Gasteiger partial charge is 0.228 e. The molecule has 1 saturated heterocycles. The lowest BCUT2D eigenvalue weighted by molar-refractivity contribution is -0.128. The van der Waals surface area contributed by atoms with Gasteiger partial charge >= 0.3 is 0 Å². The van der Waals surface area contributed by atoms with E-state index in [-0.39, 0.29) is 0 Å². The SMILES string of the molecule is O=C(C[C@H]1C[C@@H]2CC[C@@H]1C2)N1CCSC1=NCc1ccccc1. The van der Waals surface area contributed by atoms with E-state index in [1.54, 1.807) is 11.8 Å². The molecule has 23 heavy (non-hydrogen) atoms. The van der Waals surface area contributed by atoms with Gasteiger partial charge in [0.2, 0.25) is 5.91 Å². The van der Waals surface area contributed by atoms with Gasteiger partial charge < -0.3 is 0 Å². The minimum Gasteiger partial charge on any atom is -0.291 e. The number of amides is 1. The summed E-state index contributed by atoms with van der Waals surface area (Å²) in [6, 6.07) is 10.3. The van der Waals surface area contributed by atoms with E-state index >= 15 is 0 Å². The number of nitrogens with zero attached hydrogens (tertiary/aromatic N) is 2. The molecule has 2 aliphatic carbocycles. The van der Waals surface area contributed by atoms with Gasteiger partial charge in [-0.25, -0.2) is 0 Å². The van der Waals surface area contributed by atoms with E-state index in [0.29, 0.717) is 18.4 Å². The molecule has 1 amide bonds. The van der Waals surface area contributed by atoms with Crippen LogP contribution in [0.15, 0.2) is 35.3 Å². The Morgan fingerprint density at radius 1 is 1.22 bits per heavy atom. The zero-order valence-electron chi connectivity index (χ0n) is 13.5. The van der Waals surface area contributed by atoms with Gasteiger partial charge in [-0.3, -0.25) is 14.7 Å². The van der Waals surface area contributed by atoms with Crippen molar-refractivity contribution in [3.8, 4) is 0 Å². The first-order chi connectivity index (χ1) is 11.3. The number of fused-ring (bicyclic) bond motifs is 2. The molecule has 0 aromatic heterocycles. The van der Waals surface area contributed by atoms with Crippen molar-refractivity contribution in [2.75, 3.05) is 12.3 Å². The lowest BCUT2D eigenvalue weighted by Gasteiger charge is -2.24. The average Bonchev–Trinajstić information content (AvgIpc) is 3.30. The van der Waals surface area contributed by atoms with Crippen molar-refractivity contribution in [1.29, 1.82) is 0 Å². The van der Waals surface area contributed by atoms with Gasteiger partial charge in [-0.05, 0) is 42.6 Å². The third-order valence-corrected chi connectivity index (χ3v) is 6.63. The van der Waals surface area contributed by atoms with Gasteiger partial charge in [0, 0.05) is 18.7 Å². The molecule has 1 heterocycles. The highest BCUT2D eigenvalue weighted by molar-refractivity contribution is 8.14. The van der Waals surface area contributed by atoms with Crippen molar-refractivity contribution in [3.63, 3.8) is 0 Å². The summed E-state index contributed by atoms with van der Waals surface area (Å²) in [5.74, 6) is 3.67. The fourth-order valence-corrected chi connectivity index (χ4v) is 5.43. The van der Waals surface area contributed by atoms with Crippen LogP contribution in [0.25, 0.3) is 0 Å².